The van der Waals surface area contributed by atoms with Crippen LogP contribution in [0.2, 0.25) is 0 Å². The van der Waals surface area contributed by atoms with Gasteiger partial charge in [0.15, 0.2) is 0 Å². The summed E-state index contributed by atoms with van der Waals surface area (Å²) in [6.07, 6.45) is 0. The summed E-state index contributed by atoms with van der Waals surface area (Å²) in [6.45, 7) is 3.93. The van der Waals surface area contributed by atoms with Crippen molar-refractivity contribution in [3.05, 3.63) is 101 Å². The van der Waals surface area contributed by atoms with E-state index in [1.165, 1.54) is 0 Å². The van der Waals surface area contributed by atoms with Gasteiger partial charge in [0.1, 0.15) is 5.75 Å². The zero-order valence-corrected chi connectivity index (χ0v) is 17.8. The number of phenols is 1. The normalized spacial score (nSPS) is 8.73. The molecule has 137 valence electrons. The Hall–Kier alpha value is -1.45. The molecule has 0 aliphatic rings. The molecular weight excluding hydrogens is 406 g/mol. The third-order valence-corrected chi connectivity index (χ3v) is 4.62. The van der Waals surface area contributed by atoms with Crippen LogP contribution in [0.15, 0.2) is 78.9 Å². The number of aromatic hydroxyl groups is 1. The van der Waals surface area contributed by atoms with E-state index in [0.717, 1.165) is 26.1 Å². The molecule has 0 radical (unpaired) electrons. The van der Waals surface area contributed by atoms with Crippen LogP contribution in [0.1, 0.15) is 22.3 Å². The van der Waals surface area contributed by atoms with Crippen LogP contribution in [0.3, 0.4) is 0 Å². The van der Waals surface area contributed by atoms with Gasteiger partial charge in [-0.05, 0) is 37.1 Å². The molecule has 0 heterocycles. The fourth-order valence-corrected chi connectivity index (χ4v) is 3.30. The number of benzene rings is 3. The summed E-state index contributed by atoms with van der Waals surface area (Å²) < 4.78 is 14.0. The van der Waals surface area contributed by atoms with Crippen molar-refractivity contribution in [3.63, 3.8) is 0 Å². The maximum atomic E-state index is 13.1. The van der Waals surface area contributed by atoms with E-state index in [1.54, 1.807) is 12.1 Å². The molecule has 3 aromatic carbocycles. The van der Waals surface area contributed by atoms with Crippen LogP contribution in [0, 0.1) is 13.8 Å². The van der Waals surface area contributed by atoms with Gasteiger partial charge >= 0.3 is 97.9 Å². The number of rotatable bonds is 2. The molecule has 0 fully saturated rings. The quantitative estimate of drug-likeness (QED) is 0.491. The summed E-state index contributed by atoms with van der Waals surface area (Å²) in [4.78, 5) is 0. The van der Waals surface area contributed by atoms with Gasteiger partial charge in [-0.3, -0.25) is 0 Å². The van der Waals surface area contributed by atoms with Crippen molar-refractivity contribution in [1.29, 1.82) is 0 Å². The Bertz CT molecular complexity index is 717. The van der Waals surface area contributed by atoms with Gasteiger partial charge in [-0.15, -0.1) is 24.8 Å². The SMILES string of the molecule is Cc1cc(C)cc(O)c1.Cl.Cl.[F][Ti]=[C](c1ccccc1)c1ccccc1. The Kier molecular flexibility index (Phi) is 12.1. The van der Waals surface area contributed by atoms with Crippen LogP contribution in [0.25, 0.3) is 0 Å². The molecule has 1 N–H and O–H groups in total. The first-order chi connectivity index (χ1) is 11.6. The molecule has 0 aliphatic heterocycles. The molecule has 0 spiro atoms. The Morgan fingerprint density at radius 2 is 1.12 bits per heavy atom. The molecule has 0 bridgehead atoms. The first kappa shape index (κ1) is 24.6. The standard InChI is InChI=1S/C13H10.C8H10O.2ClH.FH.Ti/c1-3-7-12(8-4-1)11-13-9-5-2-6-10-13;1-6-3-7(2)5-8(9)4-6;;;;/h1-10H;3-5,9H,1-2H3;3*1H;/q;;;;;+1/p-1. The predicted molar refractivity (Wildman–Crippen MR) is 109 cm³/mol. The monoisotopic (exact) mass is 427 g/mol. The fraction of sp³-hybridized carbons (Fsp3) is 0.0952. The van der Waals surface area contributed by atoms with Crippen molar-refractivity contribution >= 4 is 28.6 Å². The van der Waals surface area contributed by atoms with E-state index in [2.05, 4.69) is 0 Å². The van der Waals surface area contributed by atoms with Gasteiger partial charge in [0, 0.05) is 0 Å². The van der Waals surface area contributed by atoms with Crippen LogP contribution in [0.5, 0.6) is 5.75 Å². The second kappa shape index (κ2) is 12.8. The van der Waals surface area contributed by atoms with E-state index in [0.29, 0.717) is 5.75 Å². The molecule has 0 atom stereocenters. The van der Waals surface area contributed by atoms with Crippen molar-refractivity contribution in [2.24, 2.45) is 0 Å². The van der Waals surface area contributed by atoms with Crippen LogP contribution in [0.4, 0.5) is 3.09 Å². The van der Waals surface area contributed by atoms with Gasteiger partial charge in [-0.2, -0.15) is 0 Å². The zero-order valence-electron chi connectivity index (χ0n) is 14.6. The van der Waals surface area contributed by atoms with E-state index in [-0.39, 0.29) is 24.8 Å². The Morgan fingerprint density at radius 1 is 0.731 bits per heavy atom. The first-order valence-electron chi connectivity index (χ1n) is 7.72. The number of phenolic OH excluding ortho intramolecular Hbond substituents is 1. The average molecular weight is 428 g/mol. The van der Waals surface area contributed by atoms with Crippen LogP contribution < -0.4 is 0 Å². The van der Waals surface area contributed by atoms with Gasteiger partial charge in [0.2, 0.25) is 0 Å². The van der Waals surface area contributed by atoms with Gasteiger partial charge in [0.05, 0.1) is 0 Å². The molecule has 0 saturated carbocycles. The molecule has 3 aromatic rings. The van der Waals surface area contributed by atoms with Crippen LogP contribution >= 0.6 is 24.8 Å². The molecule has 0 aromatic heterocycles. The minimum atomic E-state index is -1.53. The van der Waals surface area contributed by atoms with E-state index >= 15 is 0 Å². The molecule has 5 heteroatoms. The summed E-state index contributed by atoms with van der Waals surface area (Å²) in [6, 6.07) is 25.0. The molecular formula is C21H22Cl2FOTi. The van der Waals surface area contributed by atoms with Crippen molar-refractivity contribution in [2.45, 2.75) is 13.8 Å². The first-order valence-corrected chi connectivity index (χ1v) is 9.09. The maximum absolute atomic E-state index is 13.1. The van der Waals surface area contributed by atoms with Gasteiger partial charge in [0.25, 0.3) is 0 Å². The van der Waals surface area contributed by atoms with E-state index < -0.39 is 19.2 Å². The number of halogens is 3. The van der Waals surface area contributed by atoms with Crippen LogP contribution in [-0.4, -0.2) is 8.92 Å². The molecule has 0 amide bonds. The Balaban J connectivity index is 0.000000496. The van der Waals surface area contributed by atoms with Gasteiger partial charge in [-0.1, -0.05) is 6.07 Å². The van der Waals surface area contributed by atoms with E-state index in [4.69, 9.17) is 5.11 Å². The van der Waals surface area contributed by atoms with Crippen LogP contribution in [-0.2, 0) is 19.2 Å². The zero-order chi connectivity index (χ0) is 17.4. The van der Waals surface area contributed by atoms with Crippen molar-refractivity contribution in [3.8, 4) is 5.75 Å². The van der Waals surface area contributed by atoms with Gasteiger partial charge < -0.3 is 5.11 Å². The number of hydrogen-bond acceptors (Lipinski definition) is 1. The summed E-state index contributed by atoms with van der Waals surface area (Å²) in [5.74, 6) is 0.354. The molecule has 0 saturated heterocycles. The minimum absolute atomic E-state index is 0. The van der Waals surface area contributed by atoms with E-state index in [1.807, 2.05) is 80.6 Å². The molecule has 0 aliphatic carbocycles. The molecule has 3 rings (SSSR count). The second-order valence-corrected chi connectivity index (χ2v) is 6.62. The van der Waals surface area contributed by atoms with Crippen molar-refractivity contribution in [2.75, 3.05) is 0 Å². The fourth-order valence-electron chi connectivity index (χ4n) is 2.44. The Morgan fingerprint density at radius 3 is 1.42 bits per heavy atom. The van der Waals surface area contributed by atoms with Crippen molar-refractivity contribution < 1.29 is 27.4 Å². The summed E-state index contributed by atoms with van der Waals surface area (Å²) >= 11 is -1.53. The van der Waals surface area contributed by atoms with Gasteiger partial charge in [-0.25, -0.2) is 0 Å². The average Bonchev–Trinajstić information content (AvgIpc) is 2.57. The third-order valence-electron chi connectivity index (χ3n) is 3.43. The number of hydrogen-bond donors (Lipinski definition) is 1. The summed E-state index contributed by atoms with van der Waals surface area (Å²) in [7, 11) is 0. The third kappa shape index (κ3) is 7.84. The number of aryl methyl sites for hydroxylation is 2. The second-order valence-electron chi connectivity index (χ2n) is 5.55. The summed E-state index contributed by atoms with van der Waals surface area (Å²) in [5.41, 5.74) is 4.22. The van der Waals surface area contributed by atoms with E-state index in [9.17, 15) is 3.09 Å². The summed E-state index contributed by atoms with van der Waals surface area (Å²) in [5, 5.41) is 8.99. The topological polar surface area (TPSA) is 20.2 Å². The molecule has 26 heavy (non-hydrogen) atoms. The Labute approximate surface area is 176 Å². The molecule has 0 unspecified atom stereocenters. The molecule has 1 nitrogen and oxygen atoms in total. The predicted octanol–water partition coefficient (Wildman–Crippen LogP) is 6.08. The van der Waals surface area contributed by atoms with Crippen molar-refractivity contribution in [1.82, 2.24) is 0 Å².